The largest absolute Gasteiger partial charge is 0.461 e. The lowest BCUT2D eigenvalue weighted by Crippen LogP contribution is -2.35. The van der Waals surface area contributed by atoms with E-state index in [1.54, 1.807) is 5.06 Å². The molecule has 2 aliphatic heterocycles. The second-order valence-corrected chi connectivity index (χ2v) is 8.95. The van der Waals surface area contributed by atoms with Gasteiger partial charge in [-0.1, -0.05) is 42.5 Å². The van der Waals surface area contributed by atoms with E-state index in [9.17, 15) is 9.90 Å². The van der Waals surface area contributed by atoms with Gasteiger partial charge in [0.2, 0.25) is 0 Å². The van der Waals surface area contributed by atoms with Crippen LogP contribution in [0, 0.1) is 5.92 Å². The maximum atomic E-state index is 12.4. The summed E-state index contributed by atoms with van der Waals surface area (Å²) in [5, 5.41) is 11.4. The number of hydrogen-bond acceptors (Lipinski definition) is 7. The Morgan fingerprint density at radius 3 is 2.50 bits per heavy atom. The Bertz CT molecular complexity index is 907. The van der Waals surface area contributed by atoms with Gasteiger partial charge in [-0.15, -0.1) is 0 Å². The van der Waals surface area contributed by atoms with E-state index in [0.29, 0.717) is 6.54 Å². The van der Waals surface area contributed by atoms with Crippen LogP contribution in [0.2, 0.25) is 0 Å². The van der Waals surface area contributed by atoms with Gasteiger partial charge in [0, 0.05) is 25.3 Å². The molecule has 0 aliphatic carbocycles. The van der Waals surface area contributed by atoms with Gasteiger partial charge in [-0.2, -0.15) is 5.06 Å². The fourth-order valence-corrected chi connectivity index (χ4v) is 4.62. The number of benzene rings is 2. The number of nitrogens with zero attached hydrogens (tertiary/aromatic N) is 3. The molecule has 0 aromatic heterocycles. The number of hydrogen-bond donors (Lipinski definition) is 1. The van der Waals surface area contributed by atoms with Crippen LogP contribution >= 0.6 is 0 Å². The summed E-state index contributed by atoms with van der Waals surface area (Å²) in [6, 6.07) is 18.4. The molecular formula is C25H33N3O4. The number of aliphatic hydroxyl groups excluding tert-OH is 1. The first-order chi connectivity index (χ1) is 15.5. The van der Waals surface area contributed by atoms with Gasteiger partial charge < -0.3 is 19.6 Å². The summed E-state index contributed by atoms with van der Waals surface area (Å²) in [4.78, 5) is 22.9. The zero-order valence-electron chi connectivity index (χ0n) is 19.1. The number of aliphatic hydroxyl groups is 1. The SMILES string of the molecule is C[C@@H]1OC(=O)[C@@H]2[C@H]1C(CO)ON2Cc1cccc(N(CCN(C)C)Cc2ccccc2)c1. The van der Waals surface area contributed by atoms with Crippen LogP contribution in [-0.4, -0.2) is 73.1 Å². The molecule has 1 unspecified atom stereocenters. The van der Waals surface area contributed by atoms with Crippen LogP contribution < -0.4 is 4.90 Å². The van der Waals surface area contributed by atoms with Gasteiger partial charge in [-0.3, -0.25) is 9.63 Å². The predicted molar refractivity (Wildman–Crippen MR) is 123 cm³/mol. The summed E-state index contributed by atoms with van der Waals surface area (Å²) >= 11 is 0. The van der Waals surface area contributed by atoms with Gasteiger partial charge in [0.25, 0.3) is 0 Å². The second kappa shape index (κ2) is 10.0. The molecule has 0 bridgehead atoms. The standard InChI is InChI=1S/C25H33N3O4/c1-18-23-22(17-29)32-28(24(23)25(30)31-18)16-20-10-7-11-21(14-20)27(13-12-26(2)3)15-19-8-5-4-6-9-19/h4-11,14,18,22-24,29H,12-13,15-17H2,1-3H3/t18-,22?,23+,24-/m0/s1. The summed E-state index contributed by atoms with van der Waals surface area (Å²) in [7, 11) is 4.16. The molecule has 0 spiro atoms. The Morgan fingerprint density at radius 2 is 1.78 bits per heavy atom. The minimum Gasteiger partial charge on any atom is -0.461 e. The molecule has 0 saturated carbocycles. The van der Waals surface area contributed by atoms with Crippen molar-refractivity contribution in [2.45, 2.75) is 38.3 Å². The first-order valence-corrected chi connectivity index (χ1v) is 11.2. The Hall–Kier alpha value is -2.45. The zero-order valence-corrected chi connectivity index (χ0v) is 19.1. The van der Waals surface area contributed by atoms with Crippen molar-refractivity contribution in [3.05, 3.63) is 65.7 Å². The lowest BCUT2D eigenvalue weighted by Gasteiger charge is -2.27. The maximum absolute atomic E-state index is 12.4. The molecular weight excluding hydrogens is 406 g/mol. The fourth-order valence-electron chi connectivity index (χ4n) is 4.62. The number of ether oxygens (including phenoxy) is 1. The summed E-state index contributed by atoms with van der Waals surface area (Å²) in [6.07, 6.45) is -0.673. The zero-order chi connectivity index (χ0) is 22.7. The third-order valence-corrected chi connectivity index (χ3v) is 6.29. The third-order valence-electron chi connectivity index (χ3n) is 6.29. The average Bonchev–Trinajstić information content (AvgIpc) is 3.30. The first kappa shape index (κ1) is 22.7. The number of likely N-dealkylation sites (N-methyl/N-ethyl adjacent to an activating group) is 1. The maximum Gasteiger partial charge on any atom is 0.326 e. The van der Waals surface area contributed by atoms with Crippen LogP contribution in [0.4, 0.5) is 5.69 Å². The van der Waals surface area contributed by atoms with Crippen molar-refractivity contribution < 1.29 is 19.5 Å². The Kier molecular flexibility index (Phi) is 7.10. The van der Waals surface area contributed by atoms with E-state index in [1.165, 1.54) is 5.56 Å². The second-order valence-electron chi connectivity index (χ2n) is 8.95. The highest BCUT2D eigenvalue weighted by molar-refractivity contribution is 5.79. The number of anilines is 1. The summed E-state index contributed by atoms with van der Waals surface area (Å²) in [5.41, 5.74) is 3.44. The van der Waals surface area contributed by atoms with Crippen molar-refractivity contribution in [3.8, 4) is 0 Å². The lowest BCUT2D eigenvalue weighted by molar-refractivity contribution is -0.195. The third kappa shape index (κ3) is 4.96. The molecule has 2 aliphatic rings. The molecule has 4 rings (SSSR count). The van der Waals surface area contributed by atoms with E-state index in [4.69, 9.17) is 9.57 Å². The van der Waals surface area contributed by atoms with Crippen molar-refractivity contribution in [1.82, 2.24) is 9.96 Å². The average molecular weight is 440 g/mol. The van der Waals surface area contributed by atoms with E-state index in [-0.39, 0.29) is 24.6 Å². The van der Waals surface area contributed by atoms with Crippen molar-refractivity contribution in [1.29, 1.82) is 0 Å². The van der Waals surface area contributed by atoms with E-state index in [2.05, 4.69) is 60.3 Å². The molecule has 0 amide bonds. The topological polar surface area (TPSA) is 65.5 Å². The molecule has 2 saturated heterocycles. The van der Waals surface area contributed by atoms with Crippen LogP contribution in [0.3, 0.4) is 0 Å². The summed E-state index contributed by atoms with van der Waals surface area (Å²) < 4.78 is 5.43. The normalized spacial score (nSPS) is 25.2. The molecule has 2 aromatic rings. The van der Waals surface area contributed by atoms with E-state index < -0.39 is 12.1 Å². The molecule has 4 atom stereocenters. The molecule has 2 heterocycles. The lowest BCUT2D eigenvalue weighted by atomic mass is 9.93. The fraction of sp³-hybridized carbons (Fsp3) is 0.480. The van der Waals surface area contributed by atoms with Crippen LogP contribution in [0.1, 0.15) is 18.1 Å². The van der Waals surface area contributed by atoms with Gasteiger partial charge >= 0.3 is 5.97 Å². The van der Waals surface area contributed by atoms with Crippen LogP contribution in [0.15, 0.2) is 54.6 Å². The monoisotopic (exact) mass is 439 g/mol. The quantitative estimate of drug-likeness (QED) is 0.602. The van der Waals surface area contributed by atoms with Crippen molar-refractivity contribution in [2.75, 3.05) is 38.7 Å². The highest BCUT2D eigenvalue weighted by Crippen LogP contribution is 2.38. The number of esters is 1. The molecule has 7 heteroatoms. The molecule has 172 valence electrons. The van der Waals surface area contributed by atoms with Gasteiger partial charge in [-0.25, -0.2) is 0 Å². The number of fused-ring (bicyclic) bond motifs is 1. The highest BCUT2D eigenvalue weighted by atomic mass is 16.7. The van der Waals surface area contributed by atoms with Gasteiger partial charge in [0.1, 0.15) is 18.2 Å². The molecule has 32 heavy (non-hydrogen) atoms. The summed E-state index contributed by atoms with van der Waals surface area (Å²) in [5.74, 6) is -0.420. The number of carbonyl (C=O) groups is 1. The minimum atomic E-state index is -0.472. The van der Waals surface area contributed by atoms with Crippen molar-refractivity contribution in [3.63, 3.8) is 0 Å². The molecule has 0 radical (unpaired) electrons. The van der Waals surface area contributed by atoms with Gasteiger partial charge in [0.15, 0.2) is 0 Å². The number of rotatable bonds is 9. The highest BCUT2D eigenvalue weighted by Gasteiger charge is 2.56. The number of cyclic esters (lactones) is 1. The Balaban J connectivity index is 1.52. The molecule has 2 fully saturated rings. The Morgan fingerprint density at radius 1 is 1.03 bits per heavy atom. The van der Waals surface area contributed by atoms with Gasteiger partial charge in [-0.05, 0) is 44.3 Å². The number of carbonyl (C=O) groups excluding carboxylic acids is 1. The minimum absolute atomic E-state index is 0.131. The molecule has 2 aromatic carbocycles. The number of hydroxylamine groups is 2. The van der Waals surface area contributed by atoms with E-state index in [0.717, 1.165) is 30.9 Å². The summed E-state index contributed by atoms with van der Waals surface area (Å²) in [6.45, 7) is 4.85. The van der Waals surface area contributed by atoms with Crippen LogP contribution in [-0.2, 0) is 27.5 Å². The Labute approximate surface area is 190 Å². The molecule has 7 nitrogen and oxygen atoms in total. The van der Waals surface area contributed by atoms with E-state index in [1.807, 2.05) is 25.1 Å². The van der Waals surface area contributed by atoms with Crippen LogP contribution in [0.5, 0.6) is 0 Å². The molecule has 1 N–H and O–H groups in total. The predicted octanol–water partition coefficient (Wildman–Crippen LogP) is 2.29. The first-order valence-electron chi connectivity index (χ1n) is 11.2. The van der Waals surface area contributed by atoms with Crippen molar-refractivity contribution in [2.24, 2.45) is 5.92 Å². The van der Waals surface area contributed by atoms with Gasteiger partial charge in [0.05, 0.1) is 19.1 Å². The van der Waals surface area contributed by atoms with Crippen LogP contribution in [0.25, 0.3) is 0 Å². The smallest absolute Gasteiger partial charge is 0.326 e. The van der Waals surface area contributed by atoms with E-state index >= 15 is 0 Å². The van der Waals surface area contributed by atoms with Crippen molar-refractivity contribution >= 4 is 11.7 Å².